The SMILES string of the molecule is CC[C@]1(CO)CCCN(Cc2ncc(C)c(OC)c2C)C1. The molecule has 0 radical (unpaired) electrons. The number of hydrogen-bond acceptors (Lipinski definition) is 4. The van der Waals surface area contributed by atoms with E-state index in [1.807, 2.05) is 13.1 Å². The Kier molecular flexibility index (Phi) is 5.22. The molecule has 4 nitrogen and oxygen atoms in total. The van der Waals surface area contributed by atoms with Crippen molar-refractivity contribution in [3.63, 3.8) is 0 Å². The second-order valence-corrected chi connectivity index (χ2v) is 6.37. The lowest BCUT2D eigenvalue weighted by Gasteiger charge is -2.41. The lowest BCUT2D eigenvalue weighted by molar-refractivity contribution is 0.0252. The van der Waals surface area contributed by atoms with Gasteiger partial charge in [0.15, 0.2) is 0 Å². The van der Waals surface area contributed by atoms with E-state index in [2.05, 4.69) is 23.7 Å². The maximum atomic E-state index is 9.74. The molecule has 1 N–H and O–H groups in total. The van der Waals surface area contributed by atoms with Crippen LogP contribution in [0.3, 0.4) is 0 Å². The zero-order valence-electron chi connectivity index (χ0n) is 13.8. The number of aliphatic hydroxyl groups excluding tert-OH is 1. The molecule has 21 heavy (non-hydrogen) atoms. The van der Waals surface area contributed by atoms with E-state index < -0.39 is 0 Å². The van der Waals surface area contributed by atoms with E-state index >= 15 is 0 Å². The van der Waals surface area contributed by atoms with Crippen molar-refractivity contribution in [2.24, 2.45) is 5.41 Å². The molecule has 0 unspecified atom stereocenters. The van der Waals surface area contributed by atoms with E-state index in [0.717, 1.165) is 61.5 Å². The summed E-state index contributed by atoms with van der Waals surface area (Å²) in [5.41, 5.74) is 3.37. The van der Waals surface area contributed by atoms with Gasteiger partial charge in [0.05, 0.1) is 12.8 Å². The number of aromatic nitrogens is 1. The van der Waals surface area contributed by atoms with Crippen molar-refractivity contribution >= 4 is 0 Å². The van der Waals surface area contributed by atoms with Crippen LogP contribution in [-0.2, 0) is 6.54 Å². The summed E-state index contributed by atoms with van der Waals surface area (Å²) in [6, 6.07) is 0. The van der Waals surface area contributed by atoms with E-state index in [9.17, 15) is 5.11 Å². The summed E-state index contributed by atoms with van der Waals surface area (Å²) < 4.78 is 5.49. The summed E-state index contributed by atoms with van der Waals surface area (Å²) in [5.74, 6) is 0.945. The summed E-state index contributed by atoms with van der Waals surface area (Å²) in [7, 11) is 1.72. The first-order valence-corrected chi connectivity index (χ1v) is 7.87. The van der Waals surface area contributed by atoms with Gasteiger partial charge in [0.2, 0.25) is 0 Å². The van der Waals surface area contributed by atoms with Gasteiger partial charge in [0.1, 0.15) is 5.75 Å². The molecule has 1 saturated heterocycles. The number of aryl methyl sites for hydroxylation is 1. The second-order valence-electron chi connectivity index (χ2n) is 6.37. The maximum Gasteiger partial charge on any atom is 0.128 e. The van der Waals surface area contributed by atoms with Crippen LogP contribution in [0.25, 0.3) is 0 Å². The van der Waals surface area contributed by atoms with Crippen molar-refractivity contribution in [3.8, 4) is 5.75 Å². The van der Waals surface area contributed by atoms with E-state index in [1.165, 1.54) is 0 Å². The van der Waals surface area contributed by atoms with Crippen LogP contribution in [0.2, 0.25) is 0 Å². The van der Waals surface area contributed by atoms with Crippen LogP contribution in [0, 0.1) is 19.3 Å². The monoisotopic (exact) mass is 292 g/mol. The summed E-state index contributed by atoms with van der Waals surface area (Å²) in [6.07, 6.45) is 5.20. The normalized spacial score (nSPS) is 23.3. The molecule has 1 fully saturated rings. The Hall–Kier alpha value is -1.13. The minimum Gasteiger partial charge on any atom is -0.496 e. The standard InChI is InChI=1S/C17H28N2O2/c1-5-17(12-20)7-6-8-19(11-17)10-15-14(3)16(21-4)13(2)9-18-15/h9,20H,5-8,10-12H2,1-4H3/t17-/m0/s1. The third-order valence-corrected chi connectivity index (χ3v) is 4.95. The van der Waals surface area contributed by atoms with E-state index in [4.69, 9.17) is 4.74 Å². The highest BCUT2D eigenvalue weighted by Gasteiger charge is 2.33. The number of ether oxygens (including phenoxy) is 1. The predicted octanol–water partition coefficient (Wildman–Crippen LogP) is 2.69. The Bertz CT molecular complexity index is 484. The van der Waals surface area contributed by atoms with Gasteiger partial charge < -0.3 is 9.84 Å². The number of pyridine rings is 1. The van der Waals surface area contributed by atoms with Crippen LogP contribution in [0.5, 0.6) is 5.75 Å². The molecule has 118 valence electrons. The van der Waals surface area contributed by atoms with Gasteiger partial charge in [-0.1, -0.05) is 6.92 Å². The first-order valence-electron chi connectivity index (χ1n) is 7.87. The number of piperidine rings is 1. The van der Waals surface area contributed by atoms with E-state index in [1.54, 1.807) is 7.11 Å². The number of hydrogen-bond donors (Lipinski definition) is 1. The Balaban J connectivity index is 2.15. The molecule has 0 amide bonds. The van der Waals surface area contributed by atoms with Gasteiger partial charge in [-0.25, -0.2) is 0 Å². The maximum absolute atomic E-state index is 9.74. The van der Waals surface area contributed by atoms with Crippen molar-refractivity contribution < 1.29 is 9.84 Å². The van der Waals surface area contributed by atoms with Gasteiger partial charge in [0, 0.05) is 42.4 Å². The Labute approximate surface area is 128 Å². The third kappa shape index (κ3) is 3.38. The molecule has 0 bridgehead atoms. The quantitative estimate of drug-likeness (QED) is 0.906. The number of nitrogens with zero attached hydrogens (tertiary/aromatic N) is 2. The minimum atomic E-state index is 0.0704. The van der Waals surface area contributed by atoms with Crippen LogP contribution in [0.1, 0.15) is 43.0 Å². The lowest BCUT2D eigenvalue weighted by Crippen LogP contribution is -2.44. The average molecular weight is 292 g/mol. The zero-order valence-corrected chi connectivity index (χ0v) is 13.8. The molecule has 1 aliphatic heterocycles. The molecule has 1 atom stereocenters. The molecule has 1 aliphatic rings. The molecule has 1 aromatic rings. The van der Waals surface area contributed by atoms with E-state index in [0.29, 0.717) is 0 Å². The highest BCUT2D eigenvalue weighted by atomic mass is 16.5. The molecular weight excluding hydrogens is 264 g/mol. The third-order valence-electron chi connectivity index (χ3n) is 4.95. The van der Waals surface area contributed by atoms with Crippen molar-refractivity contribution in [3.05, 3.63) is 23.0 Å². The molecule has 0 spiro atoms. The van der Waals surface area contributed by atoms with E-state index in [-0.39, 0.29) is 12.0 Å². The molecule has 2 rings (SSSR count). The van der Waals surface area contributed by atoms with Gasteiger partial charge in [-0.3, -0.25) is 9.88 Å². The molecule has 0 aliphatic carbocycles. The smallest absolute Gasteiger partial charge is 0.128 e. The number of methoxy groups -OCH3 is 1. The van der Waals surface area contributed by atoms with Crippen LogP contribution < -0.4 is 4.74 Å². The van der Waals surface area contributed by atoms with Crippen molar-refractivity contribution in [2.45, 2.75) is 46.6 Å². The topological polar surface area (TPSA) is 45.6 Å². The van der Waals surface area contributed by atoms with Crippen molar-refractivity contribution in [2.75, 3.05) is 26.8 Å². The van der Waals surface area contributed by atoms with Crippen molar-refractivity contribution in [1.29, 1.82) is 0 Å². The highest BCUT2D eigenvalue weighted by molar-refractivity contribution is 5.41. The molecule has 0 aromatic carbocycles. The van der Waals surface area contributed by atoms with Crippen LogP contribution >= 0.6 is 0 Å². The van der Waals surface area contributed by atoms with Crippen LogP contribution in [-0.4, -0.2) is 41.8 Å². The van der Waals surface area contributed by atoms with Gasteiger partial charge >= 0.3 is 0 Å². The van der Waals surface area contributed by atoms with Gasteiger partial charge in [-0.2, -0.15) is 0 Å². The zero-order chi connectivity index (χ0) is 15.5. The minimum absolute atomic E-state index is 0.0704. The summed E-state index contributed by atoms with van der Waals surface area (Å²) in [4.78, 5) is 7.02. The molecule has 0 saturated carbocycles. The second kappa shape index (κ2) is 6.75. The largest absolute Gasteiger partial charge is 0.496 e. The molecule has 1 aromatic heterocycles. The van der Waals surface area contributed by atoms with Gasteiger partial charge in [-0.15, -0.1) is 0 Å². The summed E-state index contributed by atoms with van der Waals surface area (Å²) in [5, 5.41) is 9.74. The van der Waals surface area contributed by atoms with Crippen LogP contribution in [0.4, 0.5) is 0 Å². The lowest BCUT2D eigenvalue weighted by atomic mass is 9.78. The Morgan fingerprint density at radius 3 is 2.81 bits per heavy atom. The average Bonchev–Trinajstić information content (AvgIpc) is 2.51. The highest BCUT2D eigenvalue weighted by Crippen LogP contribution is 2.34. The fourth-order valence-corrected chi connectivity index (χ4v) is 3.42. The molecule has 4 heteroatoms. The fourth-order valence-electron chi connectivity index (χ4n) is 3.42. The van der Waals surface area contributed by atoms with Crippen LogP contribution in [0.15, 0.2) is 6.20 Å². The fraction of sp³-hybridized carbons (Fsp3) is 0.706. The van der Waals surface area contributed by atoms with Gasteiger partial charge in [0.25, 0.3) is 0 Å². The molecular formula is C17H28N2O2. The first kappa shape index (κ1) is 16.2. The number of likely N-dealkylation sites (tertiary alicyclic amines) is 1. The Morgan fingerprint density at radius 2 is 2.19 bits per heavy atom. The van der Waals surface area contributed by atoms with Gasteiger partial charge in [-0.05, 0) is 39.7 Å². The molecule has 2 heterocycles. The number of rotatable bonds is 5. The number of aliphatic hydroxyl groups is 1. The predicted molar refractivity (Wildman–Crippen MR) is 84.6 cm³/mol. The summed E-state index contributed by atoms with van der Waals surface area (Å²) >= 11 is 0. The summed E-state index contributed by atoms with van der Waals surface area (Å²) in [6.45, 7) is 9.44. The first-order chi connectivity index (χ1) is 10.0. The van der Waals surface area contributed by atoms with Crippen molar-refractivity contribution in [1.82, 2.24) is 9.88 Å². The Morgan fingerprint density at radius 1 is 1.43 bits per heavy atom.